The summed E-state index contributed by atoms with van der Waals surface area (Å²) in [6.07, 6.45) is 0. The molecule has 2 N–H and O–H groups in total. The average Bonchev–Trinajstić information content (AvgIpc) is 2.41. The molecule has 0 unspecified atom stereocenters. The Labute approximate surface area is 119 Å². The van der Waals surface area contributed by atoms with Crippen molar-refractivity contribution in [1.29, 1.82) is 0 Å². The van der Waals surface area contributed by atoms with Crippen molar-refractivity contribution >= 4 is 40.1 Å². The monoisotopic (exact) mass is 359 g/mol. The van der Waals surface area contributed by atoms with Gasteiger partial charge in [-0.05, 0) is 46.9 Å². The number of hydrogen-bond donors (Lipinski definition) is 2. The minimum absolute atomic E-state index is 0.463. The van der Waals surface area contributed by atoms with Crippen molar-refractivity contribution in [2.45, 2.75) is 0 Å². The molecule has 1 aromatic carbocycles. The predicted octanol–water partition coefficient (Wildman–Crippen LogP) is 0.661. The number of carbonyl (C=O) groups excluding carboxylic acids is 2. The number of hydrogen-bond acceptors (Lipinski definition) is 3. The van der Waals surface area contributed by atoms with Crippen LogP contribution in [0.1, 0.15) is 0 Å². The molecule has 1 aromatic rings. The molecular weight excluding hydrogens is 345 g/mol. The summed E-state index contributed by atoms with van der Waals surface area (Å²) in [6.45, 7) is 2.64. The number of halogens is 1. The van der Waals surface area contributed by atoms with Gasteiger partial charge in [0.05, 0.1) is 0 Å². The minimum atomic E-state index is -0.571. The van der Waals surface area contributed by atoms with Crippen molar-refractivity contribution < 1.29 is 9.59 Å². The van der Waals surface area contributed by atoms with E-state index in [0.29, 0.717) is 18.8 Å². The van der Waals surface area contributed by atoms with E-state index in [1.54, 1.807) is 17.0 Å². The number of anilines is 1. The molecule has 0 aromatic heterocycles. The third kappa shape index (κ3) is 3.42. The number of rotatable bonds is 1. The van der Waals surface area contributed by atoms with Crippen LogP contribution < -0.4 is 10.6 Å². The second-order valence-electron chi connectivity index (χ2n) is 4.00. The van der Waals surface area contributed by atoms with E-state index in [1.807, 2.05) is 12.1 Å². The number of nitrogens with one attached hydrogen (secondary N) is 2. The van der Waals surface area contributed by atoms with Gasteiger partial charge in [-0.3, -0.25) is 9.59 Å². The summed E-state index contributed by atoms with van der Waals surface area (Å²) in [5, 5.41) is 5.75. The van der Waals surface area contributed by atoms with Gasteiger partial charge < -0.3 is 15.5 Å². The number of amides is 2. The standard InChI is InChI=1S/C12H14IN3O2/c13-9-1-3-10(4-2-9)15-11(17)12(18)16-7-5-14-6-8-16/h1-4,14H,5-8H2,(H,15,17). The lowest BCUT2D eigenvalue weighted by Crippen LogP contribution is -2.49. The van der Waals surface area contributed by atoms with E-state index < -0.39 is 11.8 Å². The van der Waals surface area contributed by atoms with Crippen LogP contribution in [0.5, 0.6) is 0 Å². The van der Waals surface area contributed by atoms with Gasteiger partial charge in [0.2, 0.25) is 0 Å². The number of carbonyl (C=O) groups is 2. The Bertz CT molecular complexity index is 441. The van der Waals surface area contributed by atoms with E-state index in [-0.39, 0.29) is 0 Å². The molecule has 96 valence electrons. The molecule has 0 bridgehead atoms. The molecule has 0 radical (unpaired) electrons. The molecule has 1 fully saturated rings. The van der Waals surface area contributed by atoms with E-state index >= 15 is 0 Å². The predicted molar refractivity (Wildman–Crippen MR) is 77.2 cm³/mol. The third-order valence-electron chi connectivity index (χ3n) is 2.70. The van der Waals surface area contributed by atoms with Crippen molar-refractivity contribution in [3.05, 3.63) is 27.8 Å². The van der Waals surface area contributed by atoms with E-state index in [4.69, 9.17) is 0 Å². The highest BCUT2D eigenvalue weighted by molar-refractivity contribution is 14.1. The van der Waals surface area contributed by atoms with E-state index in [2.05, 4.69) is 33.2 Å². The molecule has 2 amide bonds. The van der Waals surface area contributed by atoms with Crippen LogP contribution in [0.2, 0.25) is 0 Å². The van der Waals surface area contributed by atoms with E-state index in [0.717, 1.165) is 16.7 Å². The van der Waals surface area contributed by atoms with Gasteiger partial charge in [0, 0.05) is 35.4 Å². The first-order chi connectivity index (χ1) is 8.66. The maximum absolute atomic E-state index is 11.9. The smallest absolute Gasteiger partial charge is 0.313 e. The molecule has 5 nitrogen and oxygen atoms in total. The molecule has 6 heteroatoms. The summed E-state index contributed by atoms with van der Waals surface area (Å²) in [7, 11) is 0. The van der Waals surface area contributed by atoms with Crippen LogP contribution in [0.25, 0.3) is 0 Å². The lowest BCUT2D eigenvalue weighted by molar-refractivity contribution is -0.143. The van der Waals surface area contributed by atoms with Crippen LogP contribution in [-0.4, -0.2) is 42.9 Å². The molecule has 1 heterocycles. The lowest BCUT2D eigenvalue weighted by Gasteiger charge is -2.26. The van der Waals surface area contributed by atoms with Crippen LogP contribution in [0.3, 0.4) is 0 Å². The normalized spacial score (nSPS) is 15.3. The van der Waals surface area contributed by atoms with E-state index in [1.165, 1.54) is 0 Å². The summed E-state index contributed by atoms with van der Waals surface area (Å²) >= 11 is 2.18. The molecule has 0 saturated carbocycles. The zero-order valence-corrected chi connectivity index (χ0v) is 11.9. The summed E-state index contributed by atoms with van der Waals surface area (Å²) in [4.78, 5) is 25.2. The van der Waals surface area contributed by atoms with Gasteiger partial charge in [-0.25, -0.2) is 0 Å². The second-order valence-corrected chi connectivity index (χ2v) is 5.25. The second kappa shape index (κ2) is 6.14. The van der Waals surface area contributed by atoms with Crippen LogP contribution in [-0.2, 0) is 9.59 Å². The highest BCUT2D eigenvalue weighted by Crippen LogP contribution is 2.11. The Kier molecular flexibility index (Phi) is 4.54. The van der Waals surface area contributed by atoms with Crippen LogP contribution >= 0.6 is 22.6 Å². The van der Waals surface area contributed by atoms with Gasteiger partial charge in [0.1, 0.15) is 0 Å². The van der Waals surface area contributed by atoms with Gasteiger partial charge in [-0.15, -0.1) is 0 Å². The Morgan fingerprint density at radius 2 is 1.78 bits per heavy atom. The van der Waals surface area contributed by atoms with Crippen molar-refractivity contribution in [2.75, 3.05) is 31.5 Å². The van der Waals surface area contributed by atoms with Gasteiger partial charge in [0.15, 0.2) is 0 Å². The zero-order valence-electron chi connectivity index (χ0n) is 9.78. The number of nitrogens with zero attached hydrogens (tertiary/aromatic N) is 1. The maximum atomic E-state index is 11.9. The molecule has 2 rings (SSSR count). The fourth-order valence-electron chi connectivity index (χ4n) is 1.73. The zero-order chi connectivity index (χ0) is 13.0. The molecule has 1 aliphatic rings. The number of benzene rings is 1. The van der Waals surface area contributed by atoms with Crippen LogP contribution in [0, 0.1) is 3.57 Å². The molecule has 1 aliphatic heterocycles. The topological polar surface area (TPSA) is 61.4 Å². The highest BCUT2D eigenvalue weighted by Gasteiger charge is 2.22. The summed E-state index contributed by atoms with van der Waals surface area (Å²) in [6, 6.07) is 7.33. The van der Waals surface area contributed by atoms with Crippen molar-refractivity contribution in [1.82, 2.24) is 10.2 Å². The largest absolute Gasteiger partial charge is 0.332 e. The SMILES string of the molecule is O=C(Nc1ccc(I)cc1)C(=O)N1CCNCC1. The summed E-state index contributed by atoms with van der Waals surface area (Å²) < 4.78 is 1.08. The van der Waals surface area contributed by atoms with Crippen LogP contribution in [0.15, 0.2) is 24.3 Å². The first-order valence-electron chi connectivity index (χ1n) is 5.73. The van der Waals surface area contributed by atoms with Gasteiger partial charge in [0.25, 0.3) is 0 Å². The number of piperazine rings is 1. The van der Waals surface area contributed by atoms with Gasteiger partial charge in [-0.2, -0.15) is 0 Å². The minimum Gasteiger partial charge on any atom is -0.332 e. The maximum Gasteiger partial charge on any atom is 0.313 e. The average molecular weight is 359 g/mol. The van der Waals surface area contributed by atoms with Gasteiger partial charge in [-0.1, -0.05) is 0 Å². The first kappa shape index (κ1) is 13.3. The third-order valence-corrected chi connectivity index (χ3v) is 3.42. The van der Waals surface area contributed by atoms with Crippen LogP contribution in [0.4, 0.5) is 5.69 Å². The van der Waals surface area contributed by atoms with Gasteiger partial charge >= 0.3 is 11.8 Å². The summed E-state index contributed by atoms with van der Waals surface area (Å²) in [5.74, 6) is -1.03. The molecule has 1 saturated heterocycles. The summed E-state index contributed by atoms with van der Waals surface area (Å²) in [5.41, 5.74) is 0.643. The molecule has 0 aliphatic carbocycles. The Morgan fingerprint density at radius 3 is 2.39 bits per heavy atom. The van der Waals surface area contributed by atoms with Crippen molar-refractivity contribution in [3.63, 3.8) is 0 Å². The fraction of sp³-hybridized carbons (Fsp3) is 0.333. The quantitative estimate of drug-likeness (QED) is 0.572. The molecule has 0 atom stereocenters. The highest BCUT2D eigenvalue weighted by atomic mass is 127. The Balaban J connectivity index is 1.94. The molecular formula is C12H14IN3O2. The Hall–Kier alpha value is -1.15. The first-order valence-corrected chi connectivity index (χ1v) is 6.81. The lowest BCUT2D eigenvalue weighted by atomic mass is 10.3. The fourth-order valence-corrected chi connectivity index (χ4v) is 2.09. The van der Waals surface area contributed by atoms with E-state index in [9.17, 15) is 9.59 Å². The molecule has 18 heavy (non-hydrogen) atoms. The Morgan fingerprint density at radius 1 is 1.17 bits per heavy atom. The van der Waals surface area contributed by atoms with Crippen molar-refractivity contribution in [2.24, 2.45) is 0 Å². The van der Waals surface area contributed by atoms with Crippen molar-refractivity contribution in [3.8, 4) is 0 Å². The molecule has 0 spiro atoms.